The quantitative estimate of drug-likeness (QED) is 0.470. The molecule has 0 spiro atoms. The molecule has 1 aromatic heterocycles. The Kier molecular flexibility index (Phi) is 5.61. The number of anilines is 3. The summed E-state index contributed by atoms with van der Waals surface area (Å²) in [6.45, 7) is 0.750. The second-order valence-corrected chi connectivity index (χ2v) is 6.41. The van der Waals surface area contributed by atoms with Crippen molar-refractivity contribution in [3.05, 3.63) is 51.4 Å². The Balaban J connectivity index is 2.01. The van der Waals surface area contributed by atoms with E-state index in [1.54, 1.807) is 6.07 Å². The van der Waals surface area contributed by atoms with Crippen LogP contribution in [0.15, 0.2) is 34.7 Å². The molecule has 0 bridgehead atoms. The molecule has 0 unspecified atom stereocenters. The third-order valence-electron chi connectivity index (χ3n) is 3.36. The van der Waals surface area contributed by atoms with Crippen molar-refractivity contribution in [2.45, 2.75) is 0 Å². The SMILES string of the molecule is NCCNc1nnc(-c2ccc(F)c(F)c2Nc2ccc(I)cc2F)o1. The van der Waals surface area contributed by atoms with Gasteiger partial charge in [-0.3, -0.25) is 0 Å². The van der Waals surface area contributed by atoms with Crippen LogP contribution < -0.4 is 16.4 Å². The van der Waals surface area contributed by atoms with Crippen molar-refractivity contribution in [1.82, 2.24) is 10.2 Å². The lowest BCUT2D eigenvalue weighted by atomic mass is 10.1. The van der Waals surface area contributed by atoms with Crippen molar-refractivity contribution in [3.63, 3.8) is 0 Å². The summed E-state index contributed by atoms with van der Waals surface area (Å²) >= 11 is 1.94. The summed E-state index contributed by atoms with van der Waals surface area (Å²) < 4.78 is 48.2. The Morgan fingerprint density at radius 3 is 2.62 bits per heavy atom. The number of aromatic nitrogens is 2. The van der Waals surface area contributed by atoms with Gasteiger partial charge in [-0.1, -0.05) is 5.10 Å². The highest BCUT2D eigenvalue weighted by molar-refractivity contribution is 14.1. The van der Waals surface area contributed by atoms with Crippen molar-refractivity contribution in [2.24, 2.45) is 5.73 Å². The van der Waals surface area contributed by atoms with Gasteiger partial charge in [0.05, 0.1) is 16.9 Å². The predicted molar refractivity (Wildman–Crippen MR) is 99.6 cm³/mol. The monoisotopic (exact) mass is 475 g/mol. The lowest BCUT2D eigenvalue weighted by Crippen LogP contribution is -2.13. The van der Waals surface area contributed by atoms with Crippen LogP contribution in [0, 0.1) is 21.0 Å². The topological polar surface area (TPSA) is 89.0 Å². The van der Waals surface area contributed by atoms with Gasteiger partial charge in [0.1, 0.15) is 5.82 Å². The molecule has 26 heavy (non-hydrogen) atoms. The number of hydrogen-bond donors (Lipinski definition) is 3. The van der Waals surface area contributed by atoms with E-state index in [0.29, 0.717) is 16.7 Å². The first-order valence-corrected chi connectivity index (χ1v) is 8.55. The van der Waals surface area contributed by atoms with E-state index in [2.05, 4.69) is 20.8 Å². The van der Waals surface area contributed by atoms with Gasteiger partial charge in [-0.15, -0.1) is 5.10 Å². The highest BCUT2D eigenvalue weighted by atomic mass is 127. The molecule has 0 aliphatic heterocycles. The van der Waals surface area contributed by atoms with E-state index in [1.807, 2.05) is 22.6 Å². The fourth-order valence-electron chi connectivity index (χ4n) is 2.16. The van der Waals surface area contributed by atoms with Crippen LogP contribution in [0.3, 0.4) is 0 Å². The van der Waals surface area contributed by atoms with Crippen LogP contribution in [0.1, 0.15) is 0 Å². The Bertz CT molecular complexity index is 934. The van der Waals surface area contributed by atoms with Gasteiger partial charge in [0, 0.05) is 16.7 Å². The first kappa shape index (κ1) is 18.5. The van der Waals surface area contributed by atoms with Gasteiger partial charge in [0.15, 0.2) is 11.6 Å². The third-order valence-corrected chi connectivity index (χ3v) is 4.03. The molecule has 0 saturated carbocycles. The average Bonchev–Trinajstić information content (AvgIpc) is 3.08. The normalized spacial score (nSPS) is 10.8. The van der Waals surface area contributed by atoms with Gasteiger partial charge >= 0.3 is 6.01 Å². The zero-order chi connectivity index (χ0) is 18.7. The molecule has 0 radical (unpaired) electrons. The molecule has 6 nitrogen and oxygen atoms in total. The maximum absolute atomic E-state index is 14.4. The summed E-state index contributed by atoms with van der Waals surface area (Å²) in [5.74, 6) is -2.95. The molecule has 0 saturated heterocycles. The van der Waals surface area contributed by atoms with Crippen LogP contribution in [0.25, 0.3) is 11.5 Å². The number of halogens is 4. The molecule has 0 aliphatic carbocycles. The van der Waals surface area contributed by atoms with Gasteiger partial charge < -0.3 is 20.8 Å². The highest BCUT2D eigenvalue weighted by Gasteiger charge is 2.20. The van der Waals surface area contributed by atoms with Crippen molar-refractivity contribution in [2.75, 3.05) is 23.7 Å². The first-order chi connectivity index (χ1) is 12.5. The zero-order valence-electron chi connectivity index (χ0n) is 13.2. The maximum atomic E-state index is 14.4. The molecule has 0 aliphatic rings. The van der Waals surface area contributed by atoms with E-state index in [0.717, 1.165) is 6.07 Å². The molecule has 1 heterocycles. The fourth-order valence-corrected chi connectivity index (χ4v) is 2.61. The first-order valence-electron chi connectivity index (χ1n) is 7.47. The van der Waals surface area contributed by atoms with Crippen LogP contribution in [-0.4, -0.2) is 23.3 Å². The predicted octanol–water partition coefficient (Wildman–Crippen LogP) is 3.87. The minimum absolute atomic E-state index is 0.0165. The van der Waals surface area contributed by atoms with E-state index < -0.39 is 17.5 Å². The van der Waals surface area contributed by atoms with Crippen LogP contribution >= 0.6 is 22.6 Å². The van der Waals surface area contributed by atoms with Crippen LogP contribution in [0.5, 0.6) is 0 Å². The van der Waals surface area contributed by atoms with Crippen molar-refractivity contribution in [3.8, 4) is 11.5 Å². The molecule has 3 rings (SSSR count). The summed E-state index contributed by atoms with van der Waals surface area (Å²) in [4.78, 5) is 0. The van der Waals surface area contributed by atoms with Gasteiger partial charge in [0.25, 0.3) is 5.89 Å². The Morgan fingerprint density at radius 1 is 1.08 bits per heavy atom. The average molecular weight is 475 g/mol. The summed E-state index contributed by atoms with van der Waals surface area (Å²) in [7, 11) is 0. The summed E-state index contributed by atoms with van der Waals surface area (Å²) in [6.07, 6.45) is 0. The lowest BCUT2D eigenvalue weighted by Gasteiger charge is -2.12. The third kappa shape index (κ3) is 3.90. The molecule has 10 heteroatoms. The molecule has 4 N–H and O–H groups in total. The molecule has 0 amide bonds. The van der Waals surface area contributed by atoms with E-state index in [4.69, 9.17) is 10.2 Å². The second-order valence-electron chi connectivity index (χ2n) is 5.16. The summed E-state index contributed by atoms with van der Waals surface area (Å²) in [5, 5.41) is 12.9. The van der Waals surface area contributed by atoms with E-state index in [9.17, 15) is 13.2 Å². The zero-order valence-corrected chi connectivity index (χ0v) is 15.4. The van der Waals surface area contributed by atoms with Gasteiger partial charge in [-0.25, -0.2) is 13.2 Å². The minimum Gasteiger partial charge on any atom is -0.403 e. The van der Waals surface area contributed by atoms with Crippen molar-refractivity contribution < 1.29 is 17.6 Å². The number of nitrogens with one attached hydrogen (secondary N) is 2. The molecule has 3 aromatic rings. The molecule has 0 atom stereocenters. The number of nitrogens with two attached hydrogens (primary N) is 1. The number of hydrogen-bond acceptors (Lipinski definition) is 6. The number of nitrogens with zero attached hydrogens (tertiary/aromatic N) is 2. The molecule has 2 aromatic carbocycles. The molecule has 136 valence electrons. The minimum atomic E-state index is -1.19. The van der Waals surface area contributed by atoms with E-state index in [1.165, 1.54) is 18.2 Å². The second kappa shape index (κ2) is 7.91. The summed E-state index contributed by atoms with van der Waals surface area (Å²) in [6, 6.07) is 6.60. The molecular formula is C16H13F3IN5O. The van der Waals surface area contributed by atoms with Gasteiger partial charge in [-0.05, 0) is 52.9 Å². The van der Waals surface area contributed by atoms with E-state index in [-0.39, 0.29) is 28.8 Å². The Morgan fingerprint density at radius 2 is 1.88 bits per heavy atom. The van der Waals surface area contributed by atoms with Crippen molar-refractivity contribution in [1.29, 1.82) is 0 Å². The van der Waals surface area contributed by atoms with Crippen LogP contribution in [0.4, 0.5) is 30.6 Å². The van der Waals surface area contributed by atoms with Crippen LogP contribution in [-0.2, 0) is 0 Å². The fraction of sp³-hybridized carbons (Fsp3) is 0.125. The highest BCUT2D eigenvalue weighted by Crippen LogP contribution is 2.34. The molecular weight excluding hydrogens is 462 g/mol. The standard InChI is InChI=1S/C16H13F3IN5O/c17-10-3-2-9(15-24-25-16(26-15)22-6-5-21)14(13(10)19)23-12-4-1-8(20)7-11(12)18/h1-4,7,23H,5-6,21H2,(H,22,25). The Hall–Kier alpha value is -2.34. The summed E-state index contributed by atoms with van der Waals surface area (Å²) in [5.41, 5.74) is 5.15. The van der Waals surface area contributed by atoms with E-state index >= 15 is 0 Å². The Labute approximate surface area is 160 Å². The number of rotatable bonds is 6. The van der Waals surface area contributed by atoms with Gasteiger partial charge in [-0.2, -0.15) is 0 Å². The lowest BCUT2D eigenvalue weighted by molar-refractivity contribution is 0.511. The maximum Gasteiger partial charge on any atom is 0.315 e. The smallest absolute Gasteiger partial charge is 0.315 e. The van der Waals surface area contributed by atoms with Crippen LogP contribution in [0.2, 0.25) is 0 Å². The van der Waals surface area contributed by atoms with Crippen molar-refractivity contribution >= 4 is 40.0 Å². The number of benzene rings is 2. The molecule has 0 fully saturated rings. The largest absolute Gasteiger partial charge is 0.403 e. The van der Waals surface area contributed by atoms with Gasteiger partial charge in [0.2, 0.25) is 0 Å².